The van der Waals surface area contributed by atoms with Crippen molar-refractivity contribution in [3.63, 3.8) is 0 Å². The Balaban J connectivity index is 2.65. The van der Waals surface area contributed by atoms with Crippen LogP contribution in [-0.2, 0) is 9.53 Å². The Morgan fingerprint density at radius 2 is 2.00 bits per heavy atom. The zero-order chi connectivity index (χ0) is 8.97. The van der Waals surface area contributed by atoms with Crippen LogP contribution >= 0.6 is 15.9 Å². The number of rotatable bonds is 2. The van der Waals surface area contributed by atoms with Crippen LogP contribution in [0.3, 0.4) is 0 Å². The molecule has 12 heavy (non-hydrogen) atoms. The predicted molar refractivity (Wildman–Crippen MR) is 49.9 cm³/mol. The van der Waals surface area contributed by atoms with E-state index in [0.717, 1.165) is 5.56 Å². The summed E-state index contributed by atoms with van der Waals surface area (Å²) in [5.41, 5.74) is 0.938. The van der Waals surface area contributed by atoms with Crippen LogP contribution in [0.4, 0.5) is 0 Å². The molecule has 0 aliphatic heterocycles. The lowest BCUT2D eigenvalue weighted by molar-refractivity contribution is -0.142. The van der Waals surface area contributed by atoms with Gasteiger partial charge in [0.2, 0.25) is 0 Å². The van der Waals surface area contributed by atoms with Crippen molar-refractivity contribution >= 4 is 21.9 Å². The topological polar surface area (TPSA) is 26.3 Å². The van der Waals surface area contributed by atoms with Gasteiger partial charge < -0.3 is 4.74 Å². The van der Waals surface area contributed by atoms with E-state index in [-0.39, 0.29) is 11.0 Å². The van der Waals surface area contributed by atoms with Gasteiger partial charge in [0.1, 0.15) is 0 Å². The molecule has 0 N–H and O–H groups in total. The van der Waals surface area contributed by atoms with Gasteiger partial charge in [0, 0.05) is 12.5 Å². The average molecular weight is 229 g/mol. The van der Waals surface area contributed by atoms with Crippen molar-refractivity contribution in [2.24, 2.45) is 0 Å². The minimum atomic E-state index is -0.337. The van der Waals surface area contributed by atoms with Gasteiger partial charge in [0.05, 0.1) is 0 Å². The fourth-order valence-electron chi connectivity index (χ4n) is 0.818. The molecule has 0 aromatic heterocycles. The van der Waals surface area contributed by atoms with Crippen LogP contribution in [-0.4, -0.2) is 5.97 Å². The third-order valence-electron chi connectivity index (χ3n) is 1.33. The number of esters is 1. The number of hydrogen-bond donors (Lipinski definition) is 0. The number of carbonyl (C=O) groups excluding carboxylic acids is 1. The largest absolute Gasteiger partial charge is 0.446 e. The van der Waals surface area contributed by atoms with E-state index >= 15 is 0 Å². The van der Waals surface area contributed by atoms with Crippen molar-refractivity contribution in [2.45, 2.75) is 11.9 Å². The summed E-state index contributed by atoms with van der Waals surface area (Å²) in [7, 11) is 0. The van der Waals surface area contributed by atoms with Gasteiger partial charge in [-0.25, -0.2) is 0 Å². The van der Waals surface area contributed by atoms with Crippen LogP contribution in [0.15, 0.2) is 30.3 Å². The standard InChI is InChI=1S/C9H9BrO2/c1-7(11)12-9(10)8-5-3-2-4-6-8/h2-6,9H,1H3. The molecule has 0 bridgehead atoms. The number of alkyl halides is 1. The number of halogens is 1. The highest BCUT2D eigenvalue weighted by atomic mass is 79.9. The van der Waals surface area contributed by atoms with Gasteiger partial charge in [0.15, 0.2) is 5.01 Å². The highest BCUT2D eigenvalue weighted by Gasteiger charge is 2.08. The van der Waals surface area contributed by atoms with Crippen LogP contribution in [0, 0.1) is 0 Å². The zero-order valence-corrected chi connectivity index (χ0v) is 8.24. The molecule has 64 valence electrons. The van der Waals surface area contributed by atoms with Crippen LogP contribution in [0.1, 0.15) is 17.5 Å². The number of hydrogen-bond acceptors (Lipinski definition) is 2. The molecule has 2 nitrogen and oxygen atoms in total. The Bertz CT molecular complexity index is 258. The summed E-state index contributed by atoms with van der Waals surface area (Å²) in [5.74, 6) is -0.291. The molecule has 1 aromatic rings. The maximum absolute atomic E-state index is 10.6. The second-order valence-electron chi connectivity index (χ2n) is 2.34. The molecular formula is C9H9BrO2. The second-order valence-corrected chi connectivity index (χ2v) is 3.17. The monoisotopic (exact) mass is 228 g/mol. The molecular weight excluding hydrogens is 220 g/mol. The van der Waals surface area contributed by atoms with Crippen LogP contribution in [0.25, 0.3) is 0 Å². The second kappa shape index (κ2) is 4.26. The first kappa shape index (κ1) is 9.26. The number of ether oxygens (including phenoxy) is 1. The molecule has 1 atom stereocenters. The molecule has 0 fully saturated rings. The number of carbonyl (C=O) groups is 1. The van der Waals surface area contributed by atoms with Crippen LogP contribution in [0.5, 0.6) is 0 Å². The van der Waals surface area contributed by atoms with E-state index in [1.807, 2.05) is 30.3 Å². The molecule has 1 aromatic carbocycles. The highest BCUT2D eigenvalue weighted by molar-refractivity contribution is 9.09. The van der Waals surface area contributed by atoms with Gasteiger partial charge in [-0.2, -0.15) is 0 Å². The first-order chi connectivity index (χ1) is 5.70. The minimum absolute atomic E-state index is 0.291. The molecule has 0 saturated carbocycles. The van der Waals surface area contributed by atoms with Crippen molar-refractivity contribution in [3.05, 3.63) is 35.9 Å². The normalized spacial score (nSPS) is 12.2. The van der Waals surface area contributed by atoms with Gasteiger partial charge in [-0.3, -0.25) is 4.79 Å². The van der Waals surface area contributed by atoms with Gasteiger partial charge in [0.25, 0.3) is 0 Å². The average Bonchev–Trinajstić information content (AvgIpc) is 2.05. The highest BCUT2D eigenvalue weighted by Crippen LogP contribution is 2.23. The van der Waals surface area contributed by atoms with E-state index in [2.05, 4.69) is 15.9 Å². The van der Waals surface area contributed by atoms with E-state index in [0.29, 0.717) is 0 Å². The molecule has 0 aliphatic carbocycles. The SMILES string of the molecule is CC(=O)OC(Br)c1ccccc1. The van der Waals surface area contributed by atoms with E-state index in [1.54, 1.807) is 0 Å². The molecule has 1 unspecified atom stereocenters. The third kappa shape index (κ3) is 2.66. The maximum atomic E-state index is 10.6. The lowest BCUT2D eigenvalue weighted by Crippen LogP contribution is -2.01. The molecule has 1 rings (SSSR count). The van der Waals surface area contributed by atoms with Crippen molar-refractivity contribution in [1.82, 2.24) is 0 Å². The molecule has 0 saturated heterocycles. The maximum Gasteiger partial charge on any atom is 0.304 e. The minimum Gasteiger partial charge on any atom is -0.446 e. The van der Waals surface area contributed by atoms with Crippen molar-refractivity contribution in [2.75, 3.05) is 0 Å². The first-order valence-electron chi connectivity index (χ1n) is 3.56. The quantitative estimate of drug-likeness (QED) is 0.575. The van der Waals surface area contributed by atoms with Gasteiger partial charge in [-0.05, 0) is 15.9 Å². The van der Waals surface area contributed by atoms with E-state index in [1.165, 1.54) is 6.92 Å². The Morgan fingerprint density at radius 3 is 2.50 bits per heavy atom. The summed E-state index contributed by atoms with van der Waals surface area (Å²) in [5, 5.41) is -0.337. The molecule has 0 spiro atoms. The Labute approximate surface area is 79.7 Å². The fourth-order valence-corrected chi connectivity index (χ4v) is 1.39. The molecule has 0 heterocycles. The summed E-state index contributed by atoms with van der Waals surface area (Å²) in [4.78, 5) is 10.6. The van der Waals surface area contributed by atoms with Gasteiger partial charge in [-0.1, -0.05) is 30.3 Å². The molecule has 0 radical (unpaired) electrons. The van der Waals surface area contributed by atoms with Gasteiger partial charge >= 0.3 is 5.97 Å². The lowest BCUT2D eigenvalue weighted by atomic mass is 10.2. The van der Waals surface area contributed by atoms with Crippen molar-refractivity contribution < 1.29 is 9.53 Å². The summed E-state index contributed by atoms with van der Waals surface area (Å²) >= 11 is 3.24. The molecule has 3 heteroatoms. The smallest absolute Gasteiger partial charge is 0.304 e. The first-order valence-corrected chi connectivity index (χ1v) is 4.48. The van der Waals surface area contributed by atoms with Crippen molar-refractivity contribution in [1.29, 1.82) is 0 Å². The summed E-state index contributed by atoms with van der Waals surface area (Å²) < 4.78 is 4.91. The number of benzene rings is 1. The van der Waals surface area contributed by atoms with Crippen molar-refractivity contribution in [3.8, 4) is 0 Å². The zero-order valence-electron chi connectivity index (χ0n) is 6.66. The third-order valence-corrected chi connectivity index (χ3v) is 2.05. The Hall–Kier alpha value is -0.830. The van der Waals surface area contributed by atoms with Gasteiger partial charge in [-0.15, -0.1) is 0 Å². The summed E-state index contributed by atoms with van der Waals surface area (Å²) in [6.07, 6.45) is 0. The van der Waals surface area contributed by atoms with E-state index in [9.17, 15) is 4.79 Å². The van der Waals surface area contributed by atoms with E-state index in [4.69, 9.17) is 4.74 Å². The Morgan fingerprint density at radius 1 is 1.42 bits per heavy atom. The Kier molecular flexibility index (Phi) is 3.29. The van der Waals surface area contributed by atoms with Crippen LogP contribution < -0.4 is 0 Å². The van der Waals surface area contributed by atoms with Crippen LogP contribution in [0.2, 0.25) is 0 Å². The lowest BCUT2D eigenvalue weighted by Gasteiger charge is -2.09. The predicted octanol–water partition coefficient (Wildman–Crippen LogP) is 2.64. The fraction of sp³-hybridized carbons (Fsp3) is 0.222. The summed E-state index contributed by atoms with van der Waals surface area (Å²) in [6, 6.07) is 9.49. The molecule has 0 aliphatic rings. The summed E-state index contributed by atoms with van der Waals surface area (Å²) in [6.45, 7) is 1.39. The molecule has 0 amide bonds. The van der Waals surface area contributed by atoms with E-state index < -0.39 is 0 Å².